The van der Waals surface area contributed by atoms with Crippen LogP contribution < -0.4 is 5.32 Å². The van der Waals surface area contributed by atoms with Crippen LogP contribution in [0.3, 0.4) is 0 Å². The summed E-state index contributed by atoms with van der Waals surface area (Å²) in [7, 11) is 0. The fourth-order valence-corrected chi connectivity index (χ4v) is 3.88. The van der Waals surface area contributed by atoms with Gasteiger partial charge in [0.05, 0.1) is 0 Å². The Labute approximate surface area is 124 Å². The van der Waals surface area contributed by atoms with Crippen LogP contribution in [-0.2, 0) is 9.59 Å². The Morgan fingerprint density at radius 1 is 1.35 bits per heavy atom. The molecule has 0 bridgehead atoms. The molecule has 1 saturated heterocycles. The van der Waals surface area contributed by atoms with E-state index in [0.29, 0.717) is 12.5 Å². The van der Waals surface area contributed by atoms with Crippen molar-refractivity contribution in [3.63, 3.8) is 0 Å². The zero-order chi connectivity index (χ0) is 14.4. The lowest BCUT2D eigenvalue weighted by Crippen LogP contribution is -2.75. The van der Waals surface area contributed by atoms with Crippen LogP contribution in [-0.4, -0.2) is 34.3 Å². The first-order valence-corrected chi connectivity index (χ1v) is 7.88. The molecule has 0 aromatic heterocycles. The first-order chi connectivity index (χ1) is 9.54. The van der Waals surface area contributed by atoms with E-state index in [1.165, 1.54) is 5.54 Å². The Kier molecular flexibility index (Phi) is 3.32. The molecule has 20 heavy (non-hydrogen) atoms. The number of carbonyl (C=O) groups is 2. The van der Waals surface area contributed by atoms with Gasteiger partial charge < -0.3 is 10.2 Å². The SMILES string of the molecule is CC1(C2CC2)NC(=O)C2(CCCC2)N(C/C=C/Cl)C1=O. The summed E-state index contributed by atoms with van der Waals surface area (Å²) in [5, 5.41) is 3.06. The molecule has 1 spiro atoms. The van der Waals surface area contributed by atoms with Gasteiger partial charge in [-0.15, -0.1) is 0 Å². The zero-order valence-electron chi connectivity index (χ0n) is 11.8. The number of hydrogen-bond acceptors (Lipinski definition) is 2. The quantitative estimate of drug-likeness (QED) is 0.868. The Bertz CT molecular complexity index is 466. The number of halogens is 1. The molecule has 1 unspecified atom stereocenters. The molecule has 1 atom stereocenters. The highest BCUT2D eigenvalue weighted by Crippen LogP contribution is 2.46. The number of rotatable bonds is 3. The van der Waals surface area contributed by atoms with E-state index >= 15 is 0 Å². The van der Waals surface area contributed by atoms with Gasteiger partial charge in [0, 0.05) is 12.1 Å². The number of carbonyl (C=O) groups excluding carboxylic acids is 2. The van der Waals surface area contributed by atoms with Crippen LogP contribution in [0.15, 0.2) is 11.6 Å². The molecule has 0 aromatic carbocycles. The number of nitrogens with one attached hydrogen (secondary N) is 1. The van der Waals surface area contributed by atoms with Gasteiger partial charge in [0.15, 0.2) is 0 Å². The maximum atomic E-state index is 13.0. The number of hydrogen-bond donors (Lipinski definition) is 1. The maximum Gasteiger partial charge on any atom is 0.249 e. The first kappa shape index (κ1) is 13.9. The van der Waals surface area contributed by atoms with Gasteiger partial charge in [-0.1, -0.05) is 30.5 Å². The summed E-state index contributed by atoms with van der Waals surface area (Å²) in [5.41, 5.74) is 0.0733. The van der Waals surface area contributed by atoms with Crippen LogP contribution in [0.1, 0.15) is 45.4 Å². The molecule has 3 aliphatic rings. The third kappa shape index (κ3) is 1.88. The minimum absolute atomic E-state index is 0.0342. The molecule has 0 radical (unpaired) electrons. The highest BCUT2D eigenvalue weighted by Gasteiger charge is 2.61. The summed E-state index contributed by atoms with van der Waals surface area (Å²) in [4.78, 5) is 27.5. The minimum atomic E-state index is -0.717. The third-order valence-electron chi connectivity index (χ3n) is 5.20. The van der Waals surface area contributed by atoms with Gasteiger partial charge in [0.1, 0.15) is 11.1 Å². The summed E-state index contributed by atoms with van der Waals surface area (Å²) < 4.78 is 0. The van der Waals surface area contributed by atoms with Gasteiger partial charge in [0.25, 0.3) is 0 Å². The Morgan fingerprint density at radius 3 is 2.55 bits per heavy atom. The molecule has 5 heteroatoms. The molecule has 3 fully saturated rings. The molecule has 4 nitrogen and oxygen atoms in total. The predicted molar refractivity (Wildman–Crippen MR) is 77.2 cm³/mol. The van der Waals surface area contributed by atoms with Crippen molar-refractivity contribution in [1.29, 1.82) is 0 Å². The fourth-order valence-electron chi connectivity index (χ4n) is 3.80. The predicted octanol–water partition coefficient (Wildman–Crippen LogP) is 2.18. The normalized spacial score (nSPS) is 33.2. The molecule has 110 valence electrons. The fraction of sp³-hybridized carbons (Fsp3) is 0.733. The highest BCUT2D eigenvalue weighted by atomic mass is 35.5. The second-order valence-corrected chi connectivity index (χ2v) is 6.70. The largest absolute Gasteiger partial charge is 0.340 e. The number of piperazine rings is 1. The lowest BCUT2D eigenvalue weighted by Gasteiger charge is -2.50. The molecule has 2 aliphatic carbocycles. The Hall–Kier alpha value is -1.03. The van der Waals surface area contributed by atoms with E-state index in [4.69, 9.17) is 11.6 Å². The van der Waals surface area contributed by atoms with Crippen LogP contribution in [0.25, 0.3) is 0 Å². The lowest BCUT2D eigenvalue weighted by atomic mass is 9.82. The van der Waals surface area contributed by atoms with Gasteiger partial charge in [-0.2, -0.15) is 0 Å². The molecule has 1 heterocycles. The van der Waals surface area contributed by atoms with E-state index in [9.17, 15) is 9.59 Å². The molecular weight excluding hydrogens is 276 g/mol. The molecule has 0 aromatic rings. The van der Waals surface area contributed by atoms with Crippen LogP contribution in [0.5, 0.6) is 0 Å². The highest BCUT2D eigenvalue weighted by molar-refractivity contribution is 6.25. The average molecular weight is 297 g/mol. The number of nitrogens with zero attached hydrogens (tertiary/aromatic N) is 1. The summed E-state index contributed by atoms with van der Waals surface area (Å²) in [6, 6.07) is 0. The van der Waals surface area contributed by atoms with Gasteiger partial charge in [-0.05, 0) is 38.5 Å². The molecule has 2 amide bonds. The van der Waals surface area contributed by atoms with Gasteiger partial charge in [-0.3, -0.25) is 9.59 Å². The monoisotopic (exact) mass is 296 g/mol. The van der Waals surface area contributed by atoms with Crippen molar-refractivity contribution in [2.24, 2.45) is 5.92 Å². The molecule has 2 saturated carbocycles. The standard InChI is InChI=1S/C15H21ClN2O2/c1-14(11-5-6-11)13(20)18(10-4-9-16)15(12(19)17-14)7-2-3-8-15/h4,9,11H,2-3,5-8,10H2,1H3,(H,17,19)/b9-4+. The molecule has 3 rings (SSSR count). The topological polar surface area (TPSA) is 49.4 Å². The van der Waals surface area contributed by atoms with Crippen molar-refractivity contribution in [1.82, 2.24) is 10.2 Å². The molecule has 1 aliphatic heterocycles. The van der Waals surface area contributed by atoms with E-state index in [0.717, 1.165) is 38.5 Å². The van der Waals surface area contributed by atoms with Crippen molar-refractivity contribution < 1.29 is 9.59 Å². The first-order valence-electron chi connectivity index (χ1n) is 7.44. The Morgan fingerprint density at radius 2 is 2.00 bits per heavy atom. The van der Waals surface area contributed by atoms with E-state index in [1.54, 1.807) is 11.0 Å². The van der Waals surface area contributed by atoms with Gasteiger partial charge in [0.2, 0.25) is 11.8 Å². The van der Waals surface area contributed by atoms with Gasteiger partial charge >= 0.3 is 0 Å². The van der Waals surface area contributed by atoms with Crippen molar-refractivity contribution in [3.05, 3.63) is 11.6 Å². The summed E-state index contributed by atoms with van der Waals surface area (Å²) in [5.74, 6) is 0.392. The summed E-state index contributed by atoms with van der Waals surface area (Å²) in [6.07, 6.45) is 7.33. The van der Waals surface area contributed by atoms with Crippen molar-refractivity contribution in [3.8, 4) is 0 Å². The van der Waals surface area contributed by atoms with Crippen LogP contribution in [0, 0.1) is 5.92 Å². The lowest BCUT2D eigenvalue weighted by molar-refractivity contribution is -0.162. The third-order valence-corrected chi connectivity index (χ3v) is 5.38. The summed E-state index contributed by atoms with van der Waals surface area (Å²) in [6.45, 7) is 2.31. The zero-order valence-corrected chi connectivity index (χ0v) is 12.6. The van der Waals surface area contributed by atoms with E-state index in [2.05, 4.69) is 5.32 Å². The number of amides is 2. The van der Waals surface area contributed by atoms with E-state index in [-0.39, 0.29) is 11.8 Å². The maximum absolute atomic E-state index is 13.0. The van der Waals surface area contributed by atoms with Crippen LogP contribution in [0.2, 0.25) is 0 Å². The Balaban J connectivity index is 1.96. The second kappa shape index (κ2) is 4.76. The van der Waals surface area contributed by atoms with Crippen LogP contribution in [0.4, 0.5) is 0 Å². The molecule has 1 N–H and O–H groups in total. The van der Waals surface area contributed by atoms with E-state index < -0.39 is 11.1 Å². The van der Waals surface area contributed by atoms with Crippen molar-refractivity contribution in [2.75, 3.05) is 6.54 Å². The van der Waals surface area contributed by atoms with Crippen molar-refractivity contribution in [2.45, 2.75) is 56.5 Å². The van der Waals surface area contributed by atoms with Crippen LogP contribution >= 0.6 is 11.6 Å². The smallest absolute Gasteiger partial charge is 0.249 e. The average Bonchev–Trinajstić information content (AvgIpc) is 3.17. The molecular formula is C15H21ClN2O2. The second-order valence-electron chi connectivity index (χ2n) is 6.45. The van der Waals surface area contributed by atoms with Gasteiger partial charge in [-0.25, -0.2) is 0 Å². The summed E-state index contributed by atoms with van der Waals surface area (Å²) >= 11 is 5.63. The van der Waals surface area contributed by atoms with Crippen molar-refractivity contribution >= 4 is 23.4 Å². The van der Waals surface area contributed by atoms with E-state index in [1.807, 2.05) is 6.92 Å². The minimum Gasteiger partial charge on any atom is -0.340 e.